The predicted molar refractivity (Wildman–Crippen MR) is 58.0 cm³/mol. The first-order valence-electron chi connectivity index (χ1n) is 4.58. The molecule has 0 radical (unpaired) electrons. The minimum atomic E-state index is 0.350. The molecule has 1 saturated heterocycles. The van der Waals surface area contributed by atoms with Crippen LogP contribution in [0.3, 0.4) is 0 Å². The lowest BCUT2D eigenvalue weighted by molar-refractivity contribution is 0.293. The minimum absolute atomic E-state index is 0.350. The fraction of sp³-hybridized carbons (Fsp3) is 0.778. The summed E-state index contributed by atoms with van der Waals surface area (Å²) in [7, 11) is 0. The summed E-state index contributed by atoms with van der Waals surface area (Å²) in [5.74, 6) is 0.637. The average molecular weight is 223 g/mol. The molecule has 1 fully saturated rings. The normalized spacial score (nSPS) is 29.2. The number of hydrogen-bond donors (Lipinski definition) is 1. The van der Waals surface area contributed by atoms with E-state index in [0.29, 0.717) is 16.5 Å². The van der Waals surface area contributed by atoms with Crippen molar-refractivity contribution in [1.82, 2.24) is 4.90 Å². The van der Waals surface area contributed by atoms with Gasteiger partial charge in [0, 0.05) is 19.1 Å². The van der Waals surface area contributed by atoms with Crippen LogP contribution in [0.4, 0.5) is 0 Å². The van der Waals surface area contributed by atoms with Crippen LogP contribution in [0.15, 0.2) is 10.6 Å². The number of likely N-dealkylation sites (tertiary alicyclic amines) is 1. The third kappa shape index (κ3) is 3.47. The van der Waals surface area contributed by atoms with E-state index in [2.05, 4.69) is 11.8 Å². The molecular weight excluding hydrogens is 207 g/mol. The first-order chi connectivity index (χ1) is 6.13. The largest absolute Gasteiger partial charge is 0.330 e. The topological polar surface area (TPSA) is 29.3 Å². The van der Waals surface area contributed by atoms with Gasteiger partial charge in [0.05, 0.1) is 0 Å². The van der Waals surface area contributed by atoms with Gasteiger partial charge in [0.25, 0.3) is 0 Å². The molecule has 0 spiro atoms. The van der Waals surface area contributed by atoms with Gasteiger partial charge in [0.15, 0.2) is 0 Å². The van der Waals surface area contributed by atoms with Crippen LogP contribution in [-0.4, -0.2) is 30.6 Å². The van der Waals surface area contributed by atoms with Crippen molar-refractivity contribution >= 4 is 23.2 Å². The monoisotopic (exact) mass is 222 g/mol. The van der Waals surface area contributed by atoms with Crippen LogP contribution in [0, 0.1) is 5.92 Å². The minimum Gasteiger partial charge on any atom is -0.330 e. The fourth-order valence-electron chi connectivity index (χ4n) is 1.83. The molecule has 2 atom stereocenters. The Morgan fingerprint density at radius 2 is 2.31 bits per heavy atom. The highest BCUT2D eigenvalue weighted by Crippen LogP contribution is 2.22. The van der Waals surface area contributed by atoms with Gasteiger partial charge in [-0.05, 0) is 31.9 Å². The summed E-state index contributed by atoms with van der Waals surface area (Å²) in [6, 6.07) is 0.595. The second kappa shape index (κ2) is 5.20. The number of nitrogens with two attached hydrogens (primary N) is 1. The first-order valence-corrected chi connectivity index (χ1v) is 5.34. The fourth-order valence-corrected chi connectivity index (χ4v) is 1.97. The molecule has 0 aromatic carbocycles. The Hall–Kier alpha value is 0.240. The second-order valence-electron chi connectivity index (χ2n) is 3.63. The first kappa shape index (κ1) is 11.3. The van der Waals surface area contributed by atoms with Gasteiger partial charge in [-0.3, -0.25) is 4.90 Å². The molecule has 76 valence electrons. The van der Waals surface area contributed by atoms with Crippen molar-refractivity contribution < 1.29 is 0 Å². The van der Waals surface area contributed by atoms with Gasteiger partial charge in [-0.15, -0.1) is 0 Å². The van der Waals surface area contributed by atoms with Crippen molar-refractivity contribution in [1.29, 1.82) is 0 Å². The van der Waals surface area contributed by atoms with Gasteiger partial charge in [-0.25, -0.2) is 0 Å². The van der Waals surface area contributed by atoms with Gasteiger partial charge in [0.1, 0.15) is 4.49 Å². The Balaban J connectivity index is 2.39. The maximum atomic E-state index is 5.62. The molecule has 2 N–H and O–H groups in total. The third-order valence-electron chi connectivity index (χ3n) is 2.60. The van der Waals surface area contributed by atoms with Gasteiger partial charge < -0.3 is 5.73 Å². The maximum absolute atomic E-state index is 5.62. The van der Waals surface area contributed by atoms with Gasteiger partial charge in [-0.1, -0.05) is 23.2 Å². The number of halogens is 2. The van der Waals surface area contributed by atoms with Gasteiger partial charge >= 0.3 is 0 Å². The Labute approximate surface area is 89.7 Å². The summed E-state index contributed by atoms with van der Waals surface area (Å²) in [4.78, 5) is 2.35. The molecular formula is C9H16Cl2N2. The average Bonchev–Trinajstić information content (AvgIpc) is 2.43. The third-order valence-corrected chi connectivity index (χ3v) is 2.91. The molecule has 1 rings (SSSR count). The smallest absolute Gasteiger partial charge is 0.104 e. The van der Waals surface area contributed by atoms with Crippen molar-refractivity contribution in [2.75, 3.05) is 19.6 Å². The number of nitrogens with zero attached hydrogens (tertiary/aromatic N) is 1. The summed E-state index contributed by atoms with van der Waals surface area (Å²) in [6.07, 6.45) is 3.02. The quantitative estimate of drug-likeness (QED) is 0.792. The van der Waals surface area contributed by atoms with Crippen LogP contribution in [0.5, 0.6) is 0 Å². The summed E-state index contributed by atoms with van der Waals surface area (Å²) in [5.41, 5.74) is 5.62. The molecule has 0 bridgehead atoms. The van der Waals surface area contributed by atoms with Crippen LogP contribution >= 0.6 is 23.2 Å². The van der Waals surface area contributed by atoms with E-state index in [1.807, 2.05) is 6.08 Å². The van der Waals surface area contributed by atoms with Crippen LogP contribution < -0.4 is 5.73 Å². The van der Waals surface area contributed by atoms with E-state index in [1.54, 1.807) is 0 Å². The van der Waals surface area contributed by atoms with E-state index in [1.165, 1.54) is 6.42 Å². The summed E-state index contributed by atoms with van der Waals surface area (Å²) >= 11 is 11.1. The zero-order chi connectivity index (χ0) is 9.84. The SMILES string of the molecule is CC1CC(CN)CN1CC=C(Cl)Cl. The predicted octanol–water partition coefficient (Wildman–Crippen LogP) is 1.97. The molecule has 2 unspecified atom stereocenters. The zero-order valence-corrected chi connectivity index (χ0v) is 9.35. The highest BCUT2D eigenvalue weighted by atomic mass is 35.5. The van der Waals surface area contributed by atoms with Crippen molar-refractivity contribution in [2.24, 2.45) is 11.7 Å². The second-order valence-corrected chi connectivity index (χ2v) is 4.64. The Morgan fingerprint density at radius 3 is 2.77 bits per heavy atom. The molecule has 1 aliphatic rings. The van der Waals surface area contributed by atoms with Crippen LogP contribution in [-0.2, 0) is 0 Å². The van der Waals surface area contributed by atoms with Crippen LogP contribution in [0.1, 0.15) is 13.3 Å². The van der Waals surface area contributed by atoms with Crippen molar-refractivity contribution in [2.45, 2.75) is 19.4 Å². The van der Waals surface area contributed by atoms with E-state index in [4.69, 9.17) is 28.9 Å². The molecule has 4 heteroatoms. The maximum Gasteiger partial charge on any atom is 0.104 e. The molecule has 0 aliphatic carbocycles. The summed E-state index contributed by atoms with van der Waals surface area (Å²) in [5, 5.41) is 0. The summed E-state index contributed by atoms with van der Waals surface area (Å²) in [6.45, 7) is 4.89. The van der Waals surface area contributed by atoms with E-state index in [0.717, 1.165) is 19.6 Å². The molecule has 0 amide bonds. The zero-order valence-electron chi connectivity index (χ0n) is 7.84. The lowest BCUT2D eigenvalue weighted by Crippen LogP contribution is -2.28. The van der Waals surface area contributed by atoms with Crippen molar-refractivity contribution in [3.63, 3.8) is 0 Å². The lowest BCUT2D eigenvalue weighted by Gasteiger charge is -2.18. The standard InChI is InChI=1S/C9H16Cl2N2/c1-7-4-8(5-12)6-13(7)3-2-9(10)11/h2,7-8H,3-6,12H2,1H3. The van der Waals surface area contributed by atoms with Crippen molar-refractivity contribution in [3.8, 4) is 0 Å². The number of hydrogen-bond acceptors (Lipinski definition) is 2. The molecule has 0 aromatic heterocycles. The van der Waals surface area contributed by atoms with E-state index in [-0.39, 0.29) is 0 Å². The molecule has 1 heterocycles. The Bertz CT molecular complexity index is 190. The molecule has 0 saturated carbocycles. The van der Waals surface area contributed by atoms with E-state index in [9.17, 15) is 0 Å². The molecule has 13 heavy (non-hydrogen) atoms. The molecule has 1 aliphatic heterocycles. The summed E-state index contributed by atoms with van der Waals surface area (Å²) < 4.78 is 0.350. The number of rotatable bonds is 3. The lowest BCUT2D eigenvalue weighted by atomic mass is 10.1. The van der Waals surface area contributed by atoms with Crippen molar-refractivity contribution in [3.05, 3.63) is 10.6 Å². The van der Waals surface area contributed by atoms with Gasteiger partial charge in [-0.2, -0.15) is 0 Å². The Morgan fingerprint density at radius 1 is 1.62 bits per heavy atom. The molecule has 2 nitrogen and oxygen atoms in total. The Kier molecular flexibility index (Phi) is 4.53. The van der Waals surface area contributed by atoms with Gasteiger partial charge in [0.2, 0.25) is 0 Å². The van der Waals surface area contributed by atoms with Crippen LogP contribution in [0.25, 0.3) is 0 Å². The highest BCUT2D eigenvalue weighted by molar-refractivity contribution is 6.55. The highest BCUT2D eigenvalue weighted by Gasteiger charge is 2.26. The van der Waals surface area contributed by atoms with Crippen LogP contribution in [0.2, 0.25) is 0 Å². The van der Waals surface area contributed by atoms with E-state index >= 15 is 0 Å². The molecule has 0 aromatic rings. The van der Waals surface area contributed by atoms with E-state index < -0.39 is 0 Å².